The highest BCUT2D eigenvalue weighted by Gasteiger charge is 2.21. The third-order valence-corrected chi connectivity index (χ3v) is 5.87. The van der Waals surface area contributed by atoms with Gasteiger partial charge in [0, 0.05) is 24.3 Å². The summed E-state index contributed by atoms with van der Waals surface area (Å²) < 4.78 is 0. The van der Waals surface area contributed by atoms with Gasteiger partial charge in [0.2, 0.25) is 5.91 Å². The van der Waals surface area contributed by atoms with Crippen LogP contribution in [0.2, 0.25) is 0 Å². The van der Waals surface area contributed by atoms with E-state index in [1.165, 1.54) is 16.7 Å². The molecule has 0 aliphatic carbocycles. The lowest BCUT2D eigenvalue weighted by Gasteiger charge is -2.24. The maximum atomic E-state index is 12.0. The summed E-state index contributed by atoms with van der Waals surface area (Å²) in [6, 6.07) is 24.6. The van der Waals surface area contributed by atoms with E-state index in [0.717, 1.165) is 29.9 Å². The van der Waals surface area contributed by atoms with Gasteiger partial charge in [-0.2, -0.15) is 0 Å². The first kappa shape index (κ1) is 21.1. The molecule has 3 aromatic carbocycles. The third kappa shape index (κ3) is 4.94. The maximum absolute atomic E-state index is 12.0. The van der Waals surface area contributed by atoms with Crippen molar-refractivity contribution in [3.05, 3.63) is 95.1 Å². The van der Waals surface area contributed by atoms with Crippen LogP contribution in [-0.4, -0.2) is 17.6 Å². The number of carbonyl (C=O) groups is 1. The summed E-state index contributed by atoms with van der Waals surface area (Å²) >= 11 is 5.65. The van der Waals surface area contributed by atoms with E-state index < -0.39 is 0 Å². The van der Waals surface area contributed by atoms with Gasteiger partial charge in [-0.15, -0.1) is 0 Å². The zero-order valence-electron chi connectivity index (χ0n) is 17.9. The molecule has 3 aromatic rings. The van der Waals surface area contributed by atoms with Crippen molar-refractivity contribution in [1.82, 2.24) is 5.32 Å². The van der Waals surface area contributed by atoms with E-state index in [1.807, 2.05) is 47.4 Å². The number of hydrogen-bond donors (Lipinski definition) is 2. The second-order valence-corrected chi connectivity index (χ2v) is 8.41. The van der Waals surface area contributed by atoms with E-state index in [4.69, 9.17) is 12.2 Å². The van der Waals surface area contributed by atoms with Crippen LogP contribution in [0.3, 0.4) is 0 Å². The van der Waals surface area contributed by atoms with Crippen LogP contribution in [0.4, 0.5) is 11.4 Å². The molecule has 1 aliphatic rings. The summed E-state index contributed by atoms with van der Waals surface area (Å²) in [6.07, 6.45) is 1.56. The summed E-state index contributed by atoms with van der Waals surface area (Å²) in [7, 11) is 0. The van der Waals surface area contributed by atoms with Crippen molar-refractivity contribution >= 4 is 34.6 Å². The van der Waals surface area contributed by atoms with Crippen LogP contribution >= 0.6 is 12.2 Å². The van der Waals surface area contributed by atoms with Crippen LogP contribution in [0.15, 0.2) is 72.8 Å². The fourth-order valence-electron chi connectivity index (χ4n) is 4.08. The maximum Gasteiger partial charge on any atom is 0.227 e. The van der Waals surface area contributed by atoms with E-state index in [-0.39, 0.29) is 11.9 Å². The minimum atomic E-state index is -0.0525. The number of benzene rings is 3. The topological polar surface area (TPSA) is 44.4 Å². The summed E-state index contributed by atoms with van der Waals surface area (Å²) in [5, 5.41) is 7.33. The molecule has 0 radical (unpaired) electrons. The lowest BCUT2D eigenvalue weighted by molar-refractivity contribution is -0.117. The summed E-state index contributed by atoms with van der Waals surface area (Å²) in [5.41, 5.74) is 6.64. The summed E-state index contributed by atoms with van der Waals surface area (Å²) in [4.78, 5) is 13.8. The largest absolute Gasteiger partial charge is 0.352 e. The normalized spacial score (nSPS) is 14.4. The van der Waals surface area contributed by atoms with Gasteiger partial charge in [0.1, 0.15) is 0 Å². The lowest BCUT2D eigenvalue weighted by atomic mass is 9.94. The molecule has 0 unspecified atom stereocenters. The fourth-order valence-corrected chi connectivity index (χ4v) is 4.32. The average Bonchev–Trinajstić information content (AvgIpc) is 3.19. The Morgan fingerprint density at radius 2 is 1.74 bits per heavy atom. The average molecular weight is 430 g/mol. The van der Waals surface area contributed by atoms with Gasteiger partial charge >= 0.3 is 0 Å². The molecular weight excluding hydrogens is 402 g/mol. The SMILES string of the molecule is Cc1ccc([C@@H](NC(=S)Nc2ccc(N3CCCC3=O)cc2)c2ccccc2)c(C)c1. The Kier molecular flexibility index (Phi) is 6.33. The number of thiocarbonyl (C=S) groups is 1. The van der Waals surface area contributed by atoms with Crippen molar-refractivity contribution in [2.24, 2.45) is 0 Å². The third-order valence-electron chi connectivity index (χ3n) is 5.65. The van der Waals surface area contributed by atoms with E-state index in [1.54, 1.807) is 0 Å². The van der Waals surface area contributed by atoms with Gasteiger partial charge in [0.15, 0.2) is 5.11 Å². The van der Waals surface area contributed by atoms with E-state index in [2.05, 4.69) is 54.8 Å². The van der Waals surface area contributed by atoms with Gasteiger partial charge < -0.3 is 15.5 Å². The van der Waals surface area contributed by atoms with Crippen molar-refractivity contribution in [1.29, 1.82) is 0 Å². The number of rotatable bonds is 5. The van der Waals surface area contributed by atoms with Crippen LogP contribution < -0.4 is 15.5 Å². The molecule has 1 fully saturated rings. The number of anilines is 2. The first-order valence-electron chi connectivity index (χ1n) is 10.6. The monoisotopic (exact) mass is 429 g/mol. The molecular formula is C26H27N3OS. The van der Waals surface area contributed by atoms with Gasteiger partial charge in [0.05, 0.1) is 6.04 Å². The fraction of sp³-hybridized carbons (Fsp3) is 0.231. The second-order valence-electron chi connectivity index (χ2n) is 8.00. The molecule has 4 rings (SSSR count). The van der Waals surface area contributed by atoms with Gasteiger partial charge in [-0.3, -0.25) is 4.79 Å². The van der Waals surface area contributed by atoms with Crippen LogP contribution in [0.1, 0.15) is 41.1 Å². The van der Waals surface area contributed by atoms with Crippen molar-refractivity contribution in [3.63, 3.8) is 0 Å². The highest BCUT2D eigenvalue weighted by Crippen LogP contribution is 2.27. The van der Waals surface area contributed by atoms with Crippen LogP contribution in [0, 0.1) is 13.8 Å². The Morgan fingerprint density at radius 1 is 1.00 bits per heavy atom. The number of carbonyl (C=O) groups excluding carboxylic acids is 1. The molecule has 0 bridgehead atoms. The van der Waals surface area contributed by atoms with Crippen molar-refractivity contribution in [3.8, 4) is 0 Å². The smallest absolute Gasteiger partial charge is 0.227 e. The Morgan fingerprint density at radius 3 is 2.39 bits per heavy atom. The standard InChI is InChI=1S/C26H27N3OS/c1-18-10-15-23(19(2)17-18)25(20-7-4-3-5-8-20)28-26(31)27-21-11-13-22(14-12-21)29-16-6-9-24(29)30/h3-5,7-8,10-15,17,25H,6,9,16H2,1-2H3,(H2,27,28,31)/t25-/m0/s1. The Balaban J connectivity index is 1.50. The molecule has 0 spiro atoms. The molecule has 0 saturated carbocycles. The van der Waals surface area contributed by atoms with Gasteiger partial charge in [-0.05, 0) is 73.4 Å². The molecule has 2 N–H and O–H groups in total. The quantitative estimate of drug-likeness (QED) is 0.525. The minimum absolute atomic E-state index is 0.0525. The summed E-state index contributed by atoms with van der Waals surface area (Å²) in [6.45, 7) is 5.03. The van der Waals surface area contributed by atoms with Gasteiger partial charge in [-0.25, -0.2) is 0 Å². The molecule has 4 nitrogen and oxygen atoms in total. The van der Waals surface area contributed by atoms with Crippen LogP contribution in [0.25, 0.3) is 0 Å². The van der Waals surface area contributed by atoms with Crippen molar-refractivity contribution in [2.75, 3.05) is 16.8 Å². The molecule has 31 heavy (non-hydrogen) atoms. The van der Waals surface area contributed by atoms with Gasteiger partial charge in [0.25, 0.3) is 0 Å². The molecule has 1 atom stereocenters. The number of nitrogens with zero attached hydrogens (tertiary/aromatic N) is 1. The van der Waals surface area contributed by atoms with E-state index in [9.17, 15) is 4.79 Å². The minimum Gasteiger partial charge on any atom is -0.352 e. The molecule has 1 heterocycles. The molecule has 158 valence electrons. The number of nitrogens with one attached hydrogen (secondary N) is 2. The summed E-state index contributed by atoms with van der Waals surface area (Å²) in [5.74, 6) is 0.192. The molecule has 0 aromatic heterocycles. The van der Waals surface area contributed by atoms with Crippen molar-refractivity contribution < 1.29 is 4.79 Å². The number of aryl methyl sites for hydroxylation is 2. The first-order valence-corrected chi connectivity index (χ1v) is 11.0. The molecule has 1 aliphatic heterocycles. The van der Waals surface area contributed by atoms with Crippen LogP contribution in [-0.2, 0) is 4.79 Å². The van der Waals surface area contributed by atoms with E-state index >= 15 is 0 Å². The van der Waals surface area contributed by atoms with Crippen LogP contribution in [0.5, 0.6) is 0 Å². The van der Waals surface area contributed by atoms with E-state index in [0.29, 0.717) is 11.5 Å². The second kappa shape index (κ2) is 9.31. The highest BCUT2D eigenvalue weighted by molar-refractivity contribution is 7.80. The number of amides is 1. The Bertz CT molecular complexity index is 1080. The molecule has 1 amide bonds. The first-order chi connectivity index (χ1) is 15.0. The Labute approximate surface area is 189 Å². The highest BCUT2D eigenvalue weighted by atomic mass is 32.1. The van der Waals surface area contributed by atoms with Gasteiger partial charge in [-0.1, -0.05) is 54.1 Å². The Hall–Kier alpha value is -3.18. The molecule has 1 saturated heterocycles. The predicted octanol–water partition coefficient (Wildman–Crippen LogP) is 5.51. The predicted molar refractivity (Wildman–Crippen MR) is 132 cm³/mol. The zero-order valence-corrected chi connectivity index (χ0v) is 18.7. The van der Waals surface area contributed by atoms with Crippen molar-refractivity contribution in [2.45, 2.75) is 32.7 Å². The molecule has 5 heteroatoms. The zero-order chi connectivity index (χ0) is 21.8. The lowest BCUT2D eigenvalue weighted by Crippen LogP contribution is -2.33. The number of hydrogen-bond acceptors (Lipinski definition) is 2.